The lowest BCUT2D eigenvalue weighted by Gasteiger charge is -2.09. The third kappa shape index (κ3) is 1.85. The van der Waals surface area contributed by atoms with E-state index in [0.717, 1.165) is 28.8 Å². The van der Waals surface area contributed by atoms with Crippen molar-refractivity contribution in [3.8, 4) is 5.82 Å². The zero-order chi connectivity index (χ0) is 12.7. The van der Waals surface area contributed by atoms with Crippen LogP contribution in [-0.2, 0) is 0 Å². The number of nitrogens with one attached hydrogen (secondary N) is 1. The van der Waals surface area contributed by atoms with E-state index in [0.29, 0.717) is 5.92 Å². The first kappa shape index (κ1) is 11.2. The lowest BCUT2D eigenvalue weighted by Crippen LogP contribution is -2.06. The maximum Gasteiger partial charge on any atom is 0.143 e. The molecule has 0 spiro atoms. The molecule has 1 aliphatic carbocycles. The minimum absolute atomic E-state index is 0.543. The molecule has 3 rings (SSSR count). The molecule has 5 nitrogen and oxygen atoms in total. The van der Waals surface area contributed by atoms with E-state index in [2.05, 4.69) is 27.2 Å². The van der Waals surface area contributed by atoms with E-state index in [4.69, 9.17) is 0 Å². The van der Waals surface area contributed by atoms with Gasteiger partial charge in [-0.2, -0.15) is 0 Å². The maximum atomic E-state index is 4.66. The van der Waals surface area contributed by atoms with Gasteiger partial charge in [0, 0.05) is 24.7 Å². The van der Waals surface area contributed by atoms with Gasteiger partial charge in [0.15, 0.2) is 0 Å². The van der Waals surface area contributed by atoms with Crippen LogP contribution >= 0.6 is 0 Å². The second-order valence-corrected chi connectivity index (χ2v) is 4.78. The fourth-order valence-electron chi connectivity index (χ4n) is 1.96. The quantitative estimate of drug-likeness (QED) is 0.898. The van der Waals surface area contributed by atoms with Crippen LogP contribution in [0, 0.1) is 13.8 Å². The van der Waals surface area contributed by atoms with Crippen molar-refractivity contribution in [1.82, 2.24) is 19.5 Å². The first-order valence-corrected chi connectivity index (χ1v) is 6.26. The van der Waals surface area contributed by atoms with E-state index in [9.17, 15) is 0 Å². The van der Waals surface area contributed by atoms with Gasteiger partial charge in [0.1, 0.15) is 23.8 Å². The van der Waals surface area contributed by atoms with Gasteiger partial charge < -0.3 is 5.32 Å². The number of nitrogens with zero attached hydrogens (tertiary/aromatic N) is 4. The Labute approximate surface area is 106 Å². The summed E-state index contributed by atoms with van der Waals surface area (Å²) < 4.78 is 2.02. The lowest BCUT2D eigenvalue weighted by atomic mass is 10.3. The molecule has 0 aromatic carbocycles. The number of aryl methyl sites for hydroxylation is 1. The van der Waals surface area contributed by atoms with Crippen molar-refractivity contribution in [3.05, 3.63) is 29.6 Å². The highest BCUT2D eigenvalue weighted by Gasteiger charge is 2.27. The fourth-order valence-corrected chi connectivity index (χ4v) is 1.96. The predicted molar refractivity (Wildman–Crippen MR) is 70.1 cm³/mol. The van der Waals surface area contributed by atoms with Crippen LogP contribution in [0.1, 0.15) is 36.0 Å². The van der Waals surface area contributed by atoms with Gasteiger partial charge >= 0.3 is 0 Å². The SMILES string of the molecule is CNc1cc(-n2cnc(C)c2C)nc(C2CC2)n1. The van der Waals surface area contributed by atoms with Gasteiger partial charge in [-0.1, -0.05) is 0 Å². The Hall–Kier alpha value is -1.91. The molecule has 5 heteroatoms. The number of hydrogen-bond acceptors (Lipinski definition) is 4. The zero-order valence-corrected chi connectivity index (χ0v) is 10.9. The molecule has 2 aromatic heterocycles. The van der Waals surface area contributed by atoms with Crippen LogP contribution in [0.15, 0.2) is 12.4 Å². The molecular formula is C13H17N5. The molecule has 0 saturated heterocycles. The molecule has 0 atom stereocenters. The zero-order valence-electron chi connectivity index (χ0n) is 10.9. The molecule has 0 radical (unpaired) electrons. The molecule has 1 saturated carbocycles. The summed E-state index contributed by atoms with van der Waals surface area (Å²) in [6, 6.07) is 1.96. The largest absolute Gasteiger partial charge is 0.373 e. The smallest absolute Gasteiger partial charge is 0.143 e. The van der Waals surface area contributed by atoms with Gasteiger partial charge in [-0.05, 0) is 26.7 Å². The highest BCUT2D eigenvalue weighted by atomic mass is 15.1. The molecule has 0 unspecified atom stereocenters. The average Bonchev–Trinajstić information content (AvgIpc) is 3.17. The topological polar surface area (TPSA) is 55.6 Å². The fraction of sp³-hybridized carbons (Fsp3) is 0.462. The molecule has 1 N–H and O–H groups in total. The van der Waals surface area contributed by atoms with Crippen LogP contribution < -0.4 is 5.32 Å². The second kappa shape index (κ2) is 4.08. The number of imidazole rings is 1. The molecule has 2 aromatic rings. The van der Waals surface area contributed by atoms with Crippen LogP contribution in [0.3, 0.4) is 0 Å². The van der Waals surface area contributed by atoms with Crippen molar-refractivity contribution >= 4 is 5.82 Å². The molecule has 2 heterocycles. The van der Waals surface area contributed by atoms with Crippen LogP contribution in [0.25, 0.3) is 5.82 Å². The normalized spacial score (nSPS) is 14.8. The van der Waals surface area contributed by atoms with E-state index in [-0.39, 0.29) is 0 Å². The minimum atomic E-state index is 0.543. The Morgan fingerprint density at radius 1 is 1.28 bits per heavy atom. The Balaban J connectivity index is 2.10. The summed E-state index contributed by atoms with van der Waals surface area (Å²) in [7, 11) is 1.88. The van der Waals surface area contributed by atoms with Crippen molar-refractivity contribution in [3.63, 3.8) is 0 Å². The number of aromatic nitrogens is 4. The third-order valence-corrected chi connectivity index (χ3v) is 3.43. The highest BCUT2D eigenvalue weighted by molar-refractivity contribution is 5.43. The van der Waals surface area contributed by atoms with Crippen molar-refractivity contribution in [1.29, 1.82) is 0 Å². The van der Waals surface area contributed by atoms with Crippen molar-refractivity contribution < 1.29 is 0 Å². The van der Waals surface area contributed by atoms with Gasteiger partial charge in [-0.25, -0.2) is 15.0 Å². The average molecular weight is 243 g/mol. The molecule has 0 amide bonds. The first-order valence-electron chi connectivity index (χ1n) is 6.26. The maximum absolute atomic E-state index is 4.66. The number of rotatable bonds is 3. The van der Waals surface area contributed by atoms with E-state index in [1.807, 2.05) is 30.9 Å². The number of hydrogen-bond donors (Lipinski definition) is 1. The molecule has 1 fully saturated rings. The van der Waals surface area contributed by atoms with Crippen LogP contribution in [-0.4, -0.2) is 26.6 Å². The Bertz CT molecular complexity index is 583. The Morgan fingerprint density at radius 2 is 2.06 bits per heavy atom. The summed E-state index contributed by atoms with van der Waals surface area (Å²) in [6.07, 6.45) is 4.23. The molecule has 0 aliphatic heterocycles. The van der Waals surface area contributed by atoms with Gasteiger partial charge in [0.05, 0.1) is 5.69 Å². The van der Waals surface area contributed by atoms with E-state index >= 15 is 0 Å². The van der Waals surface area contributed by atoms with Gasteiger partial charge in [0.25, 0.3) is 0 Å². The second-order valence-electron chi connectivity index (χ2n) is 4.78. The third-order valence-electron chi connectivity index (χ3n) is 3.43. The van der Waals surface area contributed by atoms with Gasteiger partial charge in [-0.15, -0.1) is 0 Å². The first-order chi connectivity index (χ1) is 8.69. The lowest BCUT2D eigenvalue weighted by molar-refractivity contribution is 0.867. The summed E-state index contributed by atoms with van der Waals surface area (Å²) in [6.45, 7) is 4.06. The van der Waals surface area contributed by atoms with Crippen LogP contribution in [0.5, 0.6) is 0 Å². The number of anilines is 1. The summed E-state index contributed by atoms with van der Waals surface area (Å²) in [5.74, 6) is 3.26. The molecule has 94 valence electrons. The molecule has 1 aliphatic rings. The highest BCUT2D eigenvalue weighted by Crippen LogP contribution is 2.38. The van der Waals surface area contributed by atoms with Gasteiger partial charge in [0.2, 0.25) is 0 Å². The van der Waals surface area contributed by atoms with E-state index < -0.39 is 0 Å². The summed E-state index contributed by atoms with van der Waals surface area (Å²) in [5.41, 5.74) is 2.16. The van der Waals surface area contributed by atoms with Crippen LogP contribution in [0.4, 0.5) is 5.82 Å². The molecule has 0 bridgehead atoms. The molecule has 18 heavy (non-hydrogen) atoms. The predicted octanol–water partition coefficient (Wildman–Crippen LogP) is 2.20. The summed E-state index contributed by atoms with van der Waals surface area (Å²) in [5, 5.41) is 3.10. The molecular weight excluding hydrogens is 226 g/mol. The monoisotopic (exact) mass is 243 g/mol. The van der Waals surface area contributed by atoms with Crippen molar-refractivity contribution in [2.24, 2.45) is 0 Å². The standard InChI is InChI=1S/C13H17N5/c1-8-9(2)18(7-15-8)12-6-11(14-3)16-13(17-12)10-4-5-10/h6-7,10H,4-5H2,1-3H3,(H,14,16,17). The van der Waals surface area contributed by atoms with Gasteiger partial charge in [-0.3, -0.25) is 4.57 Å². The van der Waals surface area contributed by atoms with Crippen molar-refractivity contribution in [2.45, 2.75) is 32.6 Å². The Kier molecular flexibility index (Phi) is 2.54. The van der Waals surface area contributed by atoms with E-state index in [1.54, 1.807) is 0 Å². The van der Waals surface area contributed by atoms with Crippen LogP contribution in [0.2, 0.25) is 0 Å². The van der Waals surface area contributed by atoms with Crippen molar-refractivity contribution in [2.75, 3.05) is 12.4 Å². The van der Waals surface area contributed by atoms with E-state index in [1.165, 1.54) is 12.8 Å². The summed E-state index contributed by atoms with van der Waals surface area (Å²) >= 11 is 0. The Morgan fingerprint density at radius 3 is 2.61 bits per heavy atom. The minimum Gasteiger partial charge on any atom is -0.373 e. The summed E-state index contributed by atoms with van der Waals surface area (Å²) in [4.78, 5) is 13.5.